The number of nitrogens with zero attached hydrogens (tertiary/aromatic N) is 3. The Morgan fingerprint density at radius 2 is 2.04 bits per heavy atom. The van der Waals surface area contributed by atoms with Crippen LogP contribution >= 0.6 is 50.9 Å². The van der Waals surface area contributed by atoms with Gasteiger partial charge in [0, 0.05) is 25.7 Å². The molecule has 0 amide bonds. The van der Waals surface area contributed by atoms with Gasteiger partial charge in [0.2, 0.25) is 5.79 Å². The van der Waals surface area contributed by atoms with Crippen molar-refractivity contribution in [3.05, 3.63) is 75.2 Å². The van der Waals surface area contributed by atoms with Crippen LogP contribution in [0.4, 0.5) is 0 Å². The van der Waals surface area contributed by atoms with Crippen LogP contribution in [0.3, 0.4) is 0 Å². The molecule has 0 bridgehead atoms. The van der Waals surface area contributed by atoms with Crippen LogP contribution < -0.4 is 0 Å². The summed E-state index contributed by atoms with van der Waals surface area (Å²) in [5.41, 5.74) is 0.727. The summed E-state index contributed by atoms with van der Waals surface area (Å²) in [6, 6.07) is 13.5. The molecule has 1 aliphatic heterocycles. The van der Waals surface area contributed by atoms with Gasteiger partial charge in [-0.05, 0) is 36.4 Å². The first-order valence-electron chi connectivity index (χ1n) is 8.52. The molecule has 2 aromatic carbocycles. The van der Waals surface area contributed by atoms with Crippen LogP contribution in [-0.2, 0) is 21.8 Å². The fraction of sp³-hybridized carbons (Fsp3) is 0.263. The Hall–Kier alpha value is -1.09. The first-order chi connectivity index (χ1) is 13.5. The van der Waals surface area contributed by atoms with Crippen LogP contribution in [0.15, 0.2) is 64.5 Å². The van der Waals surface area contributed by atoms with E-state index in [4.69, 9.17) is 32.7 Å². The van der Waals surface area contributed by atoms with Crippen molar-refractivity contribution >= 4 is 50.9 Å². The van der Waals surface area contributed by atoms with Crippen LogP contribution in [0.1, 0.15) is 5.56 Å². The summed E-state index contributed by atoms with van der Waals surface area (Å²) in [5, 5.41) is 5.25. The van der Waals surface area contributed by atoms with Gasteiger partial charge in [0.25, 0.3) is 0 Å². The van der Waals surface area contributed by atoms with Gasteiger partial charge in [-0.1, -0.05) is 45.2 Å². The second-order valence-electron chi connectivity index (χ2n) is 6.29. The van der Waals surface area contributed by atoms with E-state index in [1.807, 2.05) is 18.2 Å². The van der Waals surface area contributed by atoms with Gasteiger partial charge < -0.3 is 9.47 Å². The molecule has 28 heavy (non-hydrogen) atoms. The number of hydrogen-bond donors (Lipinski definition) is 0. The minimum atomic E-state index is -1.04. The summed E-state index contributed by atoms with van der Waals surface area (Å²) in [6.45, 7) is 0.797. The van der Waals surface area contributed by atoms with Crippen molar-refractivity contribution in [2.45, 2.75) is 23.3 Å². The zero-order chi connectivity index (χ0) is 19.6. The highest BCUT2D eigenvalue weighted by Crippen LogP contribution is 2.41. The van der Waals surface area contributed by atoms with Crippen molar-refractivity contribution in [3.8, 4) is 0 Å². The van der Waals surface area contributed by atoms with Crippen LogP contribution in [0, 0.1) is 0 Å². The lowest BCUT2D eigenvalue weighted by Gasteiger charge is -2.29. The molecule has 1 saturated heterocycles. The quantitative estimate of drug-likeness (QED) is 0.423. The molecular formula is C19H16BrCl2N3O2S. The molecule has 1 aliphatic rings. The molecule has 146 valence electrons. The SMILES string of the molecule is Clc1ccc([C@]2(Cn3cncn3)OC[C@@H](CSc3ccc(Br)cc3)O2)c(Cl)c1. The zero-order valence-corrected chi connectivity index (χ0v) is 18.5. The van der Waals surface area contributed by atoms with Gasteiger partial charge in [-0.2, -0.15) is 5.10 Å². The minimum absolute atomic E-state index is 0.0936. The summed E-state index contributed by atoms with van der Waals surface area (Å²) in [5.74, 6) is -0.285. The van der Waals surface area contributed by atoms with E-state index in [-0.39, 0.29) is 6.10 Å². The Bertz CT molecular complexity index is 943. The number of ether oxygens (including phenoxy) is 2. The first-order valence-corrected chi connectivity index (χ1v) is 11.1. The predicted molar refractivity (Wildman–Crippen MR) is 114 cm³/mol. The van der Waals surface area contributed by atoms with Crippen LogP contribution in [0.2, 0.25) is 10.0 Å². The van der Waals surface area contributed by atoms with Crippen molar-refractivity contribution in [2.24, 2.45) is 0 Å². The van der Waals surface area contributed by atoms with E-state index in [2.05, 4.69) is 38.1 Å². The first kappa shape index (κ1) is 20.2. The molecule has 2 heterocycles. The van der Waals surface area contributed by atoms with Gasteiger partial charge in [0.1, 0.15) is 19.2 Å². The molecule has 0 unspecified atom stereocenters. The summed E-state index contributed by atoms with van der Waals surface area (Å²) in [7, 11) is 0. The summed E-state index contributed by atoms with van der Waals surface area (Å²) >= 11 is 17.7. The highest BCUT2D eigenvalue weighted by Gasteiger charge is 2.45. The Labute approximate surface area is 185 Å². The molecule has 0 saturated carbocycles. The third-order valence-corrected chi connectivity index (χ3v) is 6.51. The number of benzene rings is 2. The fourth-order valence-corrected chi connectivity index (χ4v) is 4.69. The maximum atomic E-state index is 6.48. The van der Waals surface area contributed by atoms with Crippen molar-refractivity contribution in [3.63, 3.8) is 0 Å². The minimum Gasteiger partial charge on any atom is -0.342 e. The molecule has 9 heteroatoms. The Morgan fingerprint density at radius 1 is 1.21 bits per heavy atom. The van der Waals surface area contributed by atoms with E-state index in [0.717, 1.165) is 15.8 Å². The monoisotopic (exact) mass is 499 g/mol. The summed E-state index contributed by atoms with van der Waals surface area (Å²) < 4.78 is 15.3. The molecule has 1 fully saturated rings. The number of aromatic nitrogens is 3. The second-order valence-corrected chi connectivity index (χ2v) is 9.14. The molecular weight excluding hydrogens is 485 g/mol. The normalized spacial score (nSPS) is 21.9. The van der Waals surface area contributed by atoms with Gasteiger partial charge in [0.05, 0.1) is 17.7 Å². The van der Waals surface area contributed by atoms with Crippen molar-refractivity contribution < 1.29 is 9.47 Å². The highest BCUT2D eigenvalue weighted by molar-refractivity contribution is 9.10. The zero-order valence-electron chi connectivity index (χ0n) is 14.6. The van der Waals surface area contributed by atoms with Crippen LogP contribution in [0.5, 0.6) is 0 Å². The van der Waals surface area contributed by atoms with Crippen molar-refractivity contribution in [1.29, 1.82) is 0 Å². The molecule has 2 atom stereocenters. The summed E-state index contributed by atoms with van der Waals surface area (Å²) in [6.07, 6.45) is 3.01. The van der Waals surface area contributed by atoms with Gasteiger partial charge in [0.15, 0.2) is 0 Å². The highest BCUT2D eigenvalue weighted by atomic mass is 79.9. The standard InChI is InChI=1S/C19H16BrCl2N3O2S/c20-13-1-4-16(5-2-13)28-9-15-8-26-19(27-15,10-25-12-23-11-24-25)17-6-3-14(21)7-18(17)22/h1-7,11-12,15H,8-10H2/t15-,19+/m0/s1. The number of rotatable bonds is 6. The molecule has 0 aliphatic carbocycles. The maximum absolute atomic E-state index is 6.48. The number of thioether (sulfide) groups is 1. The predicted octanol–water partition coefficient (Wildman–Crippen LogP) is 5.41. The third kappa shape index (κ3) is 4.56. The average Bonchev–Trinajstić information content (AvgIpc) is 3.32. The van der Waals surface area contributed by atoms with E-state index < -0.39 is 5.79 Å². The Balaban J connectivity index is 1.54. The number of halogens is 3. The van der Waals surface area contributed by atoms with E-state index in [1.165, 1.54) is 11.2 Å². The van der Waals surface area contributed by atoms with Crippen molar-refractivity contribution in [2.75, 3.05) is 12.4 Å². The third-order valence-electron chi connectivity index (χ3n) is 4.29. The lowest BCUT2D eigenvalue weighted by Crippen LogP contribution is -2.34. The van der Waals surface area contributed by atoms with E-state index in [0.29, 0.717) is 23.2 Å². The largest absolute Gasteiger partial charge is 0.342 e. The molecule has 4 rings (SSSR count). The molecule has 5 nitrogen and oxygen atoms in total. The lowest BCUT2D eigenvalue weighted by molar-refractivity contribution is -0.186. The maximum Gasteiger partial charge on any atom is 0.217 e. The fourth-order valence-electron chi connectivity index (χ4n) is 3.00. The smallest absolute Gasteiger partial charge is 0.217 e. The molecule has 0 radical (unpaired) electrons. The Kier molecular flexibility index (Phi) is 6.30. The van der Waals surface area contributed by atoms with E-state index in [9.17, 15) is 0 Å². The summed E-state index contributed by atoms with van der Waals surface area (Å²) in [4.78, 5) is 5.18. The van der Waals surface area contributed by atoms with Crippen LogP contribution in [-0.4, -0.2) is 33.2 Å². The molecule has 0 spiro atoms. The molecule has 1 aromatic heterocycles. The van der Waals surface area contributed by atoms with Gasteiger partial charge >= 0.3 is 0 Å². The van der Waals surface area contributed by atoms with E-state index in [1.54, 1.807) is 34.9 Å². The number of hydrogen-bond acceptors (Lipinski definition) is 5. The van der Waals surface area contributed by atoms with Gasteiger partial charge in [-0.15, -0.1) is 11.8 Å². The average molecular weight is 501 g/mol. The van der Waals surface area contributed by atoms with Gasteiger partial charge in [-0.3, -0.25) is 0 Å². The van der Waals surface area contributed by atoms with Gasteiger partial charge in [-0.25, -0.2) is 9.67 Å². The Morgan fingerprint density at radius 3 is 2.75 bits per heavy atom. The second kappa shape index (κ2) is 8.73. The van der Waals surface area contributed by atoms with Crippen LogP contribution in [0.25, 0.3) is 0 Å². The topological polar surface area (TPSA) is 49.2 Å². The lowest BCUT2D eigenvalue weighted by atomic mass is 10.1. The molecule has 3 aromatic rings. The van der Waals surface area contributed by atoms with E-state index >= 15 is 0 Å². The molecule has 0 N–H and O–H groups in total. The van der Waals surface area contributed by atoms with Crippen molar-refractivity contribution in [1.82, 2.24) is 14.8 Å².